The van der Waals surface area contributed by atoms with Gasteiger partial charge < -0.3 is 10.1 Å². The highest BCUT2D eigenvalue weighted by atomic mass is 19.4. The van der Waals surface area contributed by atoms with Gasteiger partial charge >= 0.3 is 6.18 Å². The van der Waals surface area contributed by atoms with Crippen LogP contribution in [0.15, 0.2) is 36.4 Å². The second-order valence-electron chi connectivity index (χ2n) is 6.00. The SMILES string of the molecule is Cc1cc(C)c(C(=O)NCc2ccc(OCC(F)(F)F)cc2)c(C)c1. The molecule has 0 radical (unpaired) electrons. The zero-order valence-corrected chi connectivity index (χ0v) is 14.3. The van der Waals surface area contributed by atoms with Gasteiger partial charge in [-0.2, -0.15) is 13.2 Å². The maximum Gasteiger partial charge on any atom is 0.422 e. The summed E-state index contributed by atoms with van der Waals surface area (Å²) in [6.07, 6.45) is -4.36. The highest BCUT2D eigenvalue weighted by molar-refractivity contribution is 5.97. The molecule has 0 saturated carbocycles. The van der Waals surface area contributed by atoms with Gasteiger partial charge in [0.15, 0.2) is 6.61 Å². The summed E-state index contributed by atoms with van der Waals surface area (Å²) in [7, 11) is 0. The van der Waals surface area contributed by atoms with Crippen LogP contribution in [0.5, 0.6) is 5.75 Å². The third-order valence-electron chi connectivity index (χ3n) is 3.68. The average molecular weight is 351 g/mol. The summed E-state index contributed by atoms with van der Waals surface area (Å²) in [6.45, 7) is 4.72. The van der Waals surface area contributed by atoms with Crippen LogP contribution in [-0.4, -0.2) is 18.7 Å². The van der Waals surface area contributed by atoms with E-state index in [0.29, 0.717) is 5.56 Å². The number of benzene rings is 2. The second kappa shape index (κ2) is 7.59. The van der Waals surface area contributed by atoms with Crippen LogP contribution in [0, 0.1) is 20.8 Å². The van der Waals surface area contributed by atoms with Crippen LogP contribution in [0.25, 0.3) is 0 Å². The Hall–Kier alpha value is -2.50. The Bertz CT molecular complexity index is 729. The first-order valence-corrected chi connectivity index (χ1v) is 7.80. The first-order valence-electron chi connectivity index (χ1n) is 7.80. The summed E-state index contributed by atoms with van der Waals surface area (Å²) in [6, 6.07) is 10.1. The molecule has 0 fully saturated rings. The van der Waals surface area contributed by atoms with Crippen LogP contribution in [0.1, 0.15) is 32.6 Å². The van der Waals surface area contributed by atoms with Crippen molar-refractivity contribution in [3.8, 4) is 5.75 Å². The number of aryl methyl sites for hydroxylation is 3. The van der Waals surface area contributed by atoms with Gasteiger partial charge in [0.1, 0.15) is 5.75 Å². The minimum atomic E-state index is -4.36. The smallest absolute Gasteiger partial charge is 0.422 e. The Morgan fingerprint density at radius 3 is 2.12 bits per heavy atom. The topological polar surface area (TPSA) is 38.3 Å². The Morgan fingerprint density at radius 2 is 1.60 bits per heavy atom. The van der Waals surface area contributed by atoms with Crippen molar-refractivity contribution in [2.75, 3.05) is 6.61 Å². The second-order valence-corrected chi connectivity index (χ2v) is 6.00. The number of halogens is 3. The van der Waals surface area contributed by atoms with E-state index in [1.54, 1.807) is 12.1 Å². The molecule has 25 heavy (non-hydrogen) atoms. The van der Waals surface area contributed by atoms with Crippen LogP contribution in [0.3, 0.4) is 0 Å². The molecule has 0 saturated heterocycles. The molecule has 6 heteroatoms. The summed E-state index contributed by atoms with van der Waals surface area (Å²) in [5.74, 6) is -0.0370. The number of carbonyl (C=O) groups is 1. The Kier molecular flexibility index (Phi) is 5.72. The fraction of sp³-hybridized carbons (Fsp3) is 0.316. The lowest BCUT2D eigenvalue weighted by molar-refractivity contribution is -0.153. The number of amides is 1. The van der Waals surface area contributed by atoms with Crippen LogP contribution in [-0.2, 0) is 6.54 Å². The van der Waals surface area contributed by atoms with Crippen molar-refractivity contribution in [2.24, 2.45) is 0 Å². The number of carbonyl (C=O) groups excluding carboxylic acids is 1. The summed E-state index contributed by atoms with van der Waals surface area (Å²) < 4.78 is 41.0. The fourth-order valence-electron chi connectivity index (χ4n) is 2.68. The monoisotopic (exact) mass is 351 g/mol. The third-order valence-corrected chi connectivity index (χ3v) is 3.68. The standard InChI is InChI=1S/C19H20F3NO2/c1-12-8-13(2)17(14(3)9-12)18(24)23-10-15-4-6-16(7-5-15)25-11-19(20,21)22/h4-9H,10-11H2,1-3H3,(H,23,24). The van der Waals surface area contributed by atoms with E-state index in [9.17, 15) is 18.0 Å². The first kappa shape index (κ1) is 18.8. The van der Waals surface area contributed by atoms with E-state index in [1.807, 2.05) is 32.9 Å². The molecule has 1 N–H and O–H groups in total. The van der Waals surface area contributed by atoms with Crippen molar-refractivity contribution in [1.29, 1.82) is 0 Å². The summed E-state index contributed by atoms with van der Waals surface area (Å²) in [4.78, 5) is 12.4. The first-order chi connectivity index (χ1) is 11.7. The molecule has 0 aromatic heterocycles. The molecule has 2 rings (SSSR count). The van der Waals surface area contributed by atoms with Crippen molar-refractivity contribution >= 4 is 5.91 Å². The number of rotatable bonds is 5. The summed E-state index contributed by atoms with van der Waals surface area (Å²) in [5, 5.41) is 2.83. The van der Waals surface area contributed by atoms with Crippen molar-refractivity contribution in [2.45, 2.75) is 33.5 Å². The van der Waals surface area contributed by atoms with E-state index >= 15 is 0 Å². The van der Waals surface area contributed by atoms with Crippen LogP contribution >= 0.6 is 0 Å². The third kappa shape index (κ3) is 5.52. The molecule has 0 unspecified atom stereocenters. The van der Waals surface area contributed by atoms with Crippen molar-refractivity contribution in [3.63, 3.8) is 0 Å². The van der Waals surface area contributed by atoms with Crippen molar-refractivity contribution < 1.29 is 22.7 Å². The molecular weight excluding hydrogens is 331 g/mol. The average Bonchev–Trinajstić information content (AvgIpc) is 2.50. The normalized spacial score (nSPS) is 11.3. The number of hydrogen-bond donors (Lipinski definition) is 1. The molecule has 1 amide bonds. The van der Waals surface area contributed by atoms with Crippen LogP contribution < -0.4 is 10.1 Å². The van der Waals surface area contributed by atoms with Crippen LogP contribution in [0.2, 0.25) is 0 Å². The van der Waals surface area contributed by atoms with Gasteiger partial charge in [-0.15, -0.1) is 0 Å². The molecule has 134 valence electrons. The van der Waals surface area contributed by atoms with E-state index in [2.05, 4.69) is 10.1 Å². The molecule has 0 spiro atoms. The number of alkyl halides is 3. The highest BCUT2D eigenvalue weighted by Crippen LogP contribution is 2.19. The molecule has 2 aromatic rings. The minimum absolute atomic E-state index is 0.137. The predicted octanol–water partition coefficient (Wildman–Crippen LogP) is 4.48. The van der Waals surface area contributed by atoms with Gasteiger partial charge in [-0.1, -0.05) is 29.8 Å². The largest absolute Gasteiger partial charge is 0.484 e. The lowest BCUT2D eigenvalue weighted by atomic mass is 9.99. The molecule has 2 aromatic carbocycles. The molecule has 0 aliphatic carbocycles. The lowest BCUT2D eigenvalue weighted by Crippen LogP contribution is -2.24. The Labute approximate surface area is 144 Å². The predicted molar refractivity (Wildman–Crippen MR) is 89.8 cm³/mol. The maximum atomic E-state index is 12.4. The maximum absolute atomic E-state index is 12.4. The zero-order valence-electron chi connectivity index (χ0n) is 14.3. The van der Waals surface area contributed by atoms with E-state index in [4.69, 9.17) is 0 Å². The number of nitrogens with one attached hydrogen (secondary N) is 1. The van der Waals surface area contributed by atoms with E-state index in [-0.39, 0.29) is 18.2 Å². The quantitative estimate of drug-likeness (QED) is 0.862. The lowest BCUT2D eigenvalue weighted by Gasteiger charge is -2.12. The van der Waals surface area contributed by atoms with Gasteiger partial charge in [0.2, 0.25) is 0 Å². The van der Waals surface area contributed by atoms with Gasteiger partial charge in [0.05, 0.1) is 0 Å². The molecule has 0 atom stereocenters. The highest BCUT2D eigenvalue weighted by Gasteiger charge is 2.28. The van der Waals surface area contributed by atoms with Gasteiger partial charge in [-0.25, -0.2) is 0 Å². The molecule has 3 nitrogen and oxygen atoms in total. The van der Waals surface area contributed by atoms with Crippen LogP contribution in [0.4, 0.5) is 13.2 Å². The molecule has 0 aliphatic heterocycles. The van der Waals surface area contributed by atoms with Gasteiger partial charge in [-0.3, -0.25) is 4.79 Å². The molecule has 0 heterocycles. The minimum Gasteiger partial charge on any atom is -0.484 e. The van der Waals surface area contributed by atoms with E-state index in [0.717, 1.165) is 22.3 Å². The van der Waals surface area contributed by atoms with E-state index < -0.39 is 12.8 Å². The van der Waals surface area contributed by atoms with E-state index in [1.165, 1.54) is 12.1 Å². The fourth-order valence-corrected chi connectivity index (χ4v) is 2.68. The number of ether oxygens (including phenoxy) is 1. The zero-order chi connectivity index (χ0) is 18.6. The molecule has 0 bridgehead atoms. The summed E-state index contributed by atoms with van der Waals surface area (Å²) in [5.41, 5.74) is 4.34. The Morgan fingerprint density at radius 1 is 1.04 bits per heavy atom. The van der Waals surface area contributed by atoms with Gasteiger partial charge in [-0.05, 0) is 49.6 Å². The number of hydrogen-bond acceptors (Lipinski definition) is 2. The summed E-state index contributed by atoms with van der Waals surface area (Å²) >= 11 is 0. The molecular formula is C19H20F3NO2. The van der Waals surface area contributed by atoms with Crippen molar-refractivity contribution in [1.82, 2.24) is 5.32 Å². The molecule has 0 aliphatic rings. The Balaban J connectivity index is 1.96. The van der Waals surface area contributed by atoms with Gasteiger partial charge in [0, 0.05) is 12.1 Å². The van der Waals surface area contributed by atoms with Gasteiger partial charge in [0.25, 0.3) is 5.91 Å². The van der Waals surface area contributed by atoms with Crippen molar-refractivity contribution in [3.05, 3.63) is 64.2 Å².